The SMILES string of the molecule is CNC1CC2CCCC(C1)N2c1cccc(F)c1C#N. The number of hydrogen-bond acceptors (Lipinski definition) is 3. The maximum atomic E-state index is 13.9. The van der Waals surface area contributed by atoms with E-state index in [-0.39, 0.29) is 5.56 Å². The summed E-state index contributed by atoms with van der Waals surface area (Å²) in [5, 5.41) is 12.6. The van der Waals surface area contributed by atoms with Crippen LogP contribution in [0.25, 0.3) is 0 Å². The average Bonchev–Trinajstić information content (AvgIpc) is 2.45. The largest absolute Gasteiger partial charge is 0.364 e. The molecule has 0 spiro atoms. The van der Waals surface area contributed by atoms with E-state index in [0.29, 0.717) is 18.1 Å². The molecule has 2 heterocycles. The zero-order chi connectivity index (χ0) is 14.1. The molecule has 106 valence electrons. The Morgan fingerprint density at radius 2 is 2.00 bits per heavy atom. The molecule has 2 atom stereocenters. The number of fused-ring (bicyclic) bond motifs is 2. The lowest BCUT2D eigenvalue weighted by Crippen LogP contribution is -2.56. The van der Waals surface area contributed by atoms with E-state index >= 15 is 0 Å². The van der Waals surface area contributed by atoms with Crippen LogP contribution in [0, 0.1) is 17.1 Å². The van der Waals surface area contributed by atoms with Gasteiger partial charge >= 0.3 is 0 Å². The standard InChI is InChI=1S/C16H20FN3/c1-19-11-8-12-4-2-5-13(9-11)20(12)16-7-3-6-15(17)14(16)10-18/h3,6-7,11-13,19H,2,4-5,8-9H2,1H3. The average molecular weight is 273 g/mol. The highest BCUT2D eigenvalue weighted by Gasteiger charge is 2.38. The predicted molar refractivity (Wildman–Crippen MR) is 77.1 cm³/mol. The molecule has 3 rings (SSSR count). The van der Waals surface area contributed by atoms with E-state index in [1.54, 1.807) is 6.07 Å². The van der Waals surface area contributed by atoms with Crippen molar-refractivity contribution >= 4 is 5.69 Å². The van der Waals surface area contributed by atoms with Gasteiger partial charge in [-0.15, -0.1) is 0 Å². The molecule has 3 nitrogen and oxygen atoms in total. The van der Waals surface area contributed by atoms with E-state index in [0.717, 1.165) is 31.4 Å². The fraction of sp³-hybridized carbons (Fsp3) is 0.562. The quantitative estimate of drug-likeness (QED) is 0.900. The summed E-state index contributed by atoms with van der Waals surface area (Å²) in [7, 11) is 2.01. The number of anilines is 1. The van der Waals surface area contributed by atoms with Crippen LogP contribution >= 0.6 is 0 Å². The Morgan fingerprint density at radius 1 is 1.30 bits per heavy atom. The molecule has 1 N–H and O–H groups in total. The van der Waals surface area contributed by atoms with Gasteiger partial charge in [-0.25, -0.2) is 4.39 Å². The Hall–Kier alpha value is -1.60. The first-order chi connectivity index (χ1) is 9.74. The monoisotopic (exact) mass is 273 g/mol. The molecule has 2 aliphatic rings. The second-order valence-electron chi connectivity index (χ2n) is 5.85. The van der Waals surface area contributed by atoms with Gasteiger partial charge in [0.25, 0.3) is 0 Å². The first-order valence-corrected chi connectivity index (χ1v) is 7.38. The van der Waals surface area contributed by atoms with Crippen LogP contribution in [0.15, 0.2) is 18.2 Å². The first kappa shape index (κ1) is 13.4. The molecular weight excluding hydrogens is 253 g/mol. The van der Waals surface area contributed by atoms with Crippen LogP contribution in [-0.4, -0.2) is 25.2 Å². The second kappa shape index (κ2) is 5.41. The van der Waals surface area contributed by atoms with Gasteiger partial charge in [0, 0.05) is 18.1 Å². The predicted octanol–water partition coefficient (Wildman–Crippen LogP) is 2.81. The highest BCUT2D eigenvalue weighted by molar-refractivity contribution is 5.61. The van der Waals surface area contributed by atoms with Crippen molar-refractivity contribution in [3.05, 3.63) is 29.6 Å². The number of nitriles is 1. The Labute approximate surface area is 119 Å². The molecule has 0 amide bonds. The molecule has 2 saturated heterocycles. The van der Waals surface area contributed by atoms with Crippen molar-refractivity contribution in [1.82, 2.24) is 5.32 Å². The fourth-order valence-corrected chi connectivity index (χ4v) is 3.85. The van der Waals surface area contributed by atoms with Gasteiger partial charge in [0.15, 0.2) is 0 Å². The number of halogens is 1. The molecule has 1 aromatic carbocycles. The number of nitrogens with zero attached hydrogens (tertiary/aromatic N) is 2. The van der Waals surface area contributed by atoms with Crippen molar-refractivity contribution < 1.29 is 4.39 Å². The molecule has 2 bridgehead atoms. The van der Waals surface area contributed by atoms with Crippen LogP contribution in [0.4, 0.5) is 10.1 Å². The molecule has 4 heteroatoms. The van der Waals surface area contributed by atoms with Gasteiger partial charge in [0.05, 0.1) is 5.69 Å². The number of benzene rings is 1. The van der Waals surface area contributed by atoms with Crippen LogP contribution < -0.4 is 10.2 Å². The van der Waals surface area contributed by atoms with Crippen molar-refractivity contribution in [2.45, 2.75) is 50.2 Å². The number of nitrogens with one attached hydrogen (secondary N) is 1. The second-order valence-corrected chi connectivity index (χ2v) is 5.85. The van der Waals surface area contributed by atoms with Crippen LogP contribution in [0.3, 0.4) is 0 Å². The summed E-state index contributed by atoms with van der Waals surface area (Å²) in [6.07, 6.45) is 5.66. The highest BCUT2D eigenvalue weighted by Crippen LogP contribution is 2.39. The maximum Gasteiger partial charge on any atom is 0.143 e. The van der Waals surface area contributed by atoms with E-state index in [1.165, 1.54) is 12.5 Å². The van der Waals surface area contributed by atoms with Gasteiger partial charge in [-0.3, -0.25) is 0 Å². The number of rotatable bonds is 2. The summed E-state index contributed by atoms with van der Waals surface area (Å²) in [6.45, 7) is 0. The van der Waals surface area contributed by atoms with Crippen molar-refractivity contribution in [2.75, 3.05) is 11.9 Å². The third kappa shape index (κ3) is 2.16. The van der Waals surface area contributed by atoms with Crippen LogP contribution in [-0.2, 0) is 0 Å². The van der Waals surface area contributed by atoms with Crippen molar-refractivity contribution in [1.29, 1.82) is 5.26 Å². The molecular formula is C16H20FN3. The lowest BCUT2D eigenvalue weighted by Gasteiger charge is -2.50. The minimum Gasteiger partial charge on any atom is -0.364 e. The third-order valence-corrected chi connectivity index (χ3v) is 4.76. The van der Waals surface area contributed by atoms with E-state index in [4.69, 9.17) is 0 Å². The summed E-state index contributed by atoms with van der Waals surface area (Å²) in [5.74, 6) is -0.404. The molecule has 0 saturated carbocycles. The van der Waals surface area contributed by atoms with Crippen molar-refractivity contribution in [2.24, 2.45) is 0 Å². The zero-order valence-corrected chi connectivity index (χ0v) is 11.8. The van der Waals surface area contributed by atoms with Crippen LogP contribution in [0.1, 0.15) is 37.7 Å². The summed E-state index contributed by atoms with van der Waals surface area (Å²) in [5.41, 5.74) is 0.990. The van der Waals surface area contributed by atoms with Crippen LogP contribution in [0.5, 0.6) is 0 Å². The minimum absolute atomic E-state index is 0.201. The number of piperidine rings is 2. The van der Waals surface area contributed by atoms with Crippen molar-refractivity contribution in [3.8, 4) is 6.07 Å². The van der Waals surface area contributed by atoms with Gasteiger partial charge in [-0.2, -0.15) is 5.26 Å². The molecule has 20 heavy (non-hydrogen) atoms. The molecule has 0 aliphatic carbocycles. The van der Waals surface area contributed by atoms with Gasteiger partial charge in [-0.05, 0) is 51.3 Å². The molecule has 2 fully saturated rings. The molecule has 0 aromatic heterocycles. The highest BCUT2D eigenvalue weighted by atomic mass is 19.1. The summed E-state index contributed by atoms with van der Waals surface area (Å²) >= 11 is 0. The Kier molecular flexibility index (Phi) is 3.62. The maximum absolute atomic E-state index is 13.9. The van der Waals surface area contributed by atoms with Gasteiger partial charge in [0.2, 0.25) is 0 Å². The van der Waals surface area contributed by atoms with Gasteiger partial charge in [-0.1, -0.05) is 6.07 Å². The normalized spacial score (nSPS) is 29.1. The van der Waals surface area contributed by atoms with E-state index < -0.39 is 5.82 Å². The molecule has 2 unspecified atom stereocenters. The summed E-state index contributed by atoms with van der Waals surface area (Å²) < 4.78 is 13.9. The smallest absolute Gasteiger partial charge is 0.143 e. The molecule has 0 radical (unpaired) electrons. The zero-order valence-electron chi connectivity index (χ0n) is 11.8. The Bertz CT molecular complexity index is 523. The Morgan fingerprint density at radius 3 is 2.60 bits per heavy atom. The number of hydrogen-bond donors (Lipinski definition) is 1. The third-order valence-electron chi connectivity index (χ3n) is 4.76. The summed E-state index contributed by atoms with van der Waals surface area (Å²) in [4.78, 5) is 2.32. The summed E-state index contributed by atoms with van der Waals surface area (Å²) in [6, 6.07) is 8.42. The lowest BCUT2D eigenvalue weighted by molar-refractivity contribution is 0.252. The van der Waals surface area contributed by atoms with Gasteiger partial charge < -0.3 is 10.2 Å². The van der Waals surface area contributed by atoms with Crippen molar-refractivity contribution in [3.63, 3.8) is 0 Å². The Balaban J connectivity index is 1.98. The van der Waals surface area contributed by atoms with Gasteiger partial charge in [0.1, 0.15) is 17.4 Å². The fourth-order valence-electron chi connectivity index (χ4n) is 3.85. The van der Waals surface area contributed by atoms with Crippen LogP contribution in [0.2, 0.25) is 0 Å². The topological polar surface area (TPSA) is 39.1 Å². The first-order valence-electron chi connectivity index (χ1n) is 7.38. The lowest BCUT2D eigenvalue weighted by atomic mass is 9.81. The minimum atomic E-state index is -0.404. The molecule has 2 aliphatic heterocycles. The van der Waals surface area contributed by atoms with E-state index in [2.05, 4.69) is 10.2 Å². The van der Waals surface area contributed by atoms with E-state index in [9.17, 15) is 9.65 Å². The molecule has 1 aromatic rings. The van der Waals surface area contributed by atoms with E-state index in [1.807, 2.05) is 19.2 Å².